The van der Waals surface area contributed by atoms with Crippen LogP contribution in [0.1, 0.15) is 48.7 Å². The van der Waals surface area contributed by atoms with Crippen LogP contribution in [0.15, 0.2) is 30.3 Å². The van der Waals surface area contributed by atoms with Gasteiger partial charge in [-0.05, 0) is 54.0 Å². The minimum absolute atomic E-state index is 0.234. The summed E-state index contributed by atoms with van der Waals surface area (Å²) in [5.41, 5.74) is 5.18. The van der Waals surface area contributed by atoms with Crippen molar-refractivity contribution >= 4 is 18.6 Å². The molecule has 0 atom stereocenters. The van der Waals surface area contributed by atoms with E-state index in [-0.39, 0.29) is 5.97 Å². The Kier molecular flexibility index (Phi) is 5.90. The molecule has 0 amide bonds. The van der Waals surface area contributed by atoms with Crippen molar-refractivity contribution in [3.63, 3.8) is 0 Å². The number of hydrogen-bond acceptors (Lipinski definition) is 3. The number of rotatable bonds is 6. The first-order valence-corrected chi connectivity index (χ1v) is 8.52. The van der Waals surface area contributed by atoms with Gasteiger partial charge < -0.3 is 4.74 Å². The molecule has 0 spiro atoms. The number of thiol groups is 1. The predicted octanol–water partition coefficient (Wildman–Crippen LogP) is 4.99. The predicted molar refractivity (Wildman–Crippen MR) is 94.9 cm³/mol. The highest BCUT2D eigenvalue weighted by Crippen LogP contribution is 2.34. The van der Waals surface area contributed by atoms with Crippen molar-refractivity contribution in [3.05, 3.63) is 47.0 Å². The van der Waals surface area contributed by atoms with Gasteiger partial charge in [0.1, 0.15) is 0 Å². The lowest BCUT2D eigenvalue weighted by Crippen LogP contribution is -2.03. The van der Waals surface area contributed by atoms with E-state index in [9.17, 15) is 4.79 Å². The van der Waals surface area contributed by atoms with Crippen LogP contribution in [-0.4, -0.2) is 12.6 Å². The minimum atomic E-state index is -0.234. The third-order valence-corrected chi connectivity index (χ3v) is 4.21. The maximum Gasteiger partial charge on any atom is 0.338 e. The quantitative estimate of drug-likeness (QED) is 0.600. The molecule has 0 aliphatic heterocycles. The molecule has 0 aromatic carbocycles. The summed E-state index contributed by atoms with van der Waals surface area (Å²) in [5.74, 6) is 1.09. The van der Waals surface area contributed by atoms with Crippen LogP contribution in [0.4, 0.5) is 0 Å². The molecule has 0 radical (unpaired) electrons. The number of ether oxygens (including phenoxy) is 1. The highest BCUT2D eigenvalue weighted by molar-refractivity contribution is 7.79. The van der Waals surface area contributed by atoms with Crippen LogP contribution in [0.3, 0.4) is 0 Å². The van der Waals surface area contributed by atoms with Gasteiger partial charge in [-0.3, -0.25) is 0 Å². The first-order chi connectivity index (χ1) is 10.6. The van der Waals surface area contributed by atoms with Gasteiger partial charge in [-0.1, -0.05) is 38.1 Å². The van der Waals surface area contributed by atoms with Crippen molar-refractivity contribution in [3.8, 4) is 11.1 Å². The van der Waals surface area contributed by atoms with Crippen molar-refractivity contribution in [1.82, 2.24) is 0 Å². The summed E-state index contributed by atoms with van der Waals surface area (Å²) in [7, 11) is 0. The molecule has 2 rings (SSSR count). The van der Waals surface area contributed by atoms with Gasteiger partial charge in [-0.25, -0.2) is 4.79 Å². The molecule has 2 aliphatic carbocycles. The summed E-state index contributed by atoms with van der Waals surface area (Å²) in [6.45, 7) is 6.67. The van der Waals surface area contributed by atoms with Gasteiger partial charge in [0.2, 0.25) is 0 Å². The highest BCUT2D eigenvalue weighted by Gasteiger charge is 2.20. The van der Waals surface area contributed by atoms with E-state index in [0.29, 0.717) is 23.8 Å². The summed E-state index contributed by atoms with van der Waals surface area (Å²) < 4.78 is 5.21. The summed E-state index contributed by atoms with van der Waals surface area (Å²) in [5, 5.41) is 0. The zero-order valence-electron chi connectivity index (χ0n) is 13.6. The van der Waals surface area contributed by atoms with Crippen LogP contribution in [0.5, 0.6) is 0 Å². The molecule has 3 heteroatoms. The van der Waals surface area contributed by atoms with Gasteiger partial charge in [0.25, 0.3) is 0 Å². The van der Waals surface area contributed by atoms with Crippen molar-refractivity contribution in [1.29, 1.82) is 0 Å². The molecule has 0 heterocycles. The lowest BCUT2D eigenvalue weighted by molar-refractivity contribution is 0.0527. The maximum atomic E-state index is 12.2. The largest absolute Gasteiger partial charge is 0.462 e. The average Bonchev–Trinajstić information content (AvgIpc) is 2.69. The number of aryl methyl sites for hydroxylation is 1. The molecule has 0 saturated heterocycles. The lowest BCUT2D eigenvalue weighted by atomic mass is 10.0. The van der Waals surface area contributed by atoms with Crippen molar-refractivity contribution in [2.24, 2.45) is 5.92 Å². The second-order valence-corrected chi connectivity index (χ2v) is 6.28. The summed E-state index contributed by atoms with van der Waals surface area (Å²) in [4.78, 5) is 12.2. The monoisotopic (exact) mass is 316 g/mol. The molecule has 0 N–H and O–H groups in total. The van der Waals surface area contributed by atoms with E-state index in [2.05, 4.69) is 38.6 Å². The second-order valence-electron chi connectivity index (χ2n) is 5.96. The topological polar surface area (TPSA) is 26.3 Å². The average molecular weight is 316 g/mol. The number of fused-ring (bicyclic) bond motifs is 1. The van der Waals surface area contributed by atoms with Crippen LogP contribution in [0.2, 0.25) is 0 Å². The van der Waals surface area contributed by atoms with Gasteiger partial charge in [0.05, 0.1) is 12.2 Å². The maximum absolute atomic E-state index is 12.2. The molecular formula is C19H24O2S. The molecule has 2 nitrogen and oxygen atoms in total. The fraction of sp³-hybridized carbons (Fsp3) is 0.421. The van der Waals surface area contributed by atoms with Gasteiger partial charge in [0.15, 0.2) is 0 Å². The van der Waals surface area contributed by atoms with E-state index in [0.717, 1.165) is 29.5 Å². The molecule has 0 bridgehead atoms. The summed E-state index contributed by atoms with van der Waals surface area (Å²) >= 11 is 4.33. The first kappa shape index (κ1) is 16.9. The molecular weight excluding hydrogens is 292 g/mol. The van der Waals surface area contributed by atoms with Crippen molar-refractivity contribution < 1.29 is 9.53 Å². The molecule has 0 unspecified atom stereocenters. The van der Waals surface area contributed by atoms with E-state index >= 15 is 0 Å². The number of carbonyl (C=O) groups excluding carboxylic acids is 1. The fourth-order valence-corrected chi connectivity index (χ4v) is 2.81. The molecule has 2 aliphatic rings. The number of esters is 1. The zero-order chi connectivity index (χ0) is 16.1. The highest BCUT2D eigenvalue weighted by atomic mass is 32.1. The smallest absolute Gasteiger partial charge is 0.338 e. The van der Waals surface area contributed by atoms with Crippen LogP contribution in [-0.2, 0) is 16.9 Å². The standard InChI is InChI=1S/C19H24O2S/c1-4-21-19(20)18-11-15(8-5-13(2)3)16-9-6-14(12-22)7-10-17(16)18/h6-7,9-11,13,22H,4-5,8,12H2,1-3H3. The van der Waals surface area contributed by atoms with Gasteiger partial charge in [0, 0.05) is 5.75 Å². The van der Waals surface area contributed by atoms with E-state index in [1.807, 2.05) is 25.1 Å². The third-order valence-electron chi connectivity index (χ3n) is 3.84. The van der Waals surface area contributed by atoms with Crippen LogP contribution >= 0.6 is 12.6 Å². The minimum Gasteiger partial charge on any atom is -0.462 e. The number of carbonyl (C=O) groups is 1. The Bertz CT molecular complexity index is 619. The van der Waals surface area contributed by atoms with Crippen molar-refractivity contribution in [2.75, 3.05) is 6.61 Å². The Labute approximate surface area is 138 Å². The Morgan fingerprint density at radius 3 is 2.45 bits per heavy atom. The molecule has 22 heavy (non-hydrogen) atoms. The normalized spacial score (nSPS) is 11.1. The van der Waals surface area contributed by atoms with Crippen LogP contribution in [0, 0.1) is 5.92 Å². The van der Waals surface area contributed by atoms with Gasteiger partial charge in [-0.15, -0.1) is 0 Å². The molecule has 0 aromatic heterocycles. The Hall–Kier alpha value is -1.48. The van der Waals surface area contributed by atoms with E-state index in [1.54, 1.807) is 0 Å². The van der Waals surface area contributed by atoms with Crippen LogP contribution in [0.25, 0.3) is 11.1 Å². The van der Waals surface area contributed by atoms with E-state index < -0.39 is 0 Å². The van der Waals surface area contributed by atoms with Crippen molar-refractivity contribution in [2.45, 2.75) is 39.4 Å². The van der Waals surface area contributed by atoms with E-state index in [4.69, 9.17) is 4.74 Å². The SMILES string of the molecule is CCOC(=O)c1cc(CCC(C)C)c2ccc(CS)ccc1-2. The van der Waals surface area contributed by atoms with E-state index in [1.165, 1.54) is 5.56 Å². The Morgan fingerprint density at radius 2 is 1.86 bits per heavy atom. The summed E-state index contributed by atoms with van der Waals surface area (Å²) in [6.07, 6.45) is 2.09. The molecule has 0 saturated carbocycles. The fourth-order valence-electron chi connectivity index (χ4n) is 2.59. The number of hydrogen-bond donors (Lipinski definition) is 1. The molecule has 0 aromatic rings. The molecule has 118 valence electrons. The summed E-state index contributed by atoms with van der Waals surface area (Å²) in [6, 6.07) is 10.3. The molecule has 0 fully saturated rings. The van der Waals surface area contributed by atoms with Crippen LogP contribution < -0.4 is 0 Å². The van der Waals surface area contributed by atoms with Gasteiger partial charge in [-0.2, -0.15) is 12.6 Å². The van der Waals surface area contributed by atoms with Gasteiger partial charge >= 0.3 is 5.97 Å². The Morgan fingerprint density at radius 1 is 1.18 bits per heavy atom. The first-order valence-electron chi connectivity index (χ1n) is 7.89. The Balaban J connectivity index is 2.48. The second kappa shape index (κ2) is 7.68. The third kappa shape index (κ3) is 3.83. The lowest BCUT2D eigenvalue weighted by Gasteiger charge is -2.04. The zero-order valence-corrected chi connectivity index (χ0v) is 14.5.